The van der Waals surface area contributed by atoms with Crippen LogP contribution in [0, 0.1) is 5.92 Å². The normalized spacial score (nSPS) is 19.8. The third-order valence-corrected chi connectivity index (χ3v) is 13.8. The van der Waals surface area contributed by atoms with E-state index in [0.29, 0.717) is 17.2 Å². The Morgan fingerprint density at radius 1 is 0.600 bits per heavy atom. The number of benzene rings is 4. The number of allylic oxidation sites excluding steroid dienone is 8. The quantitative estimate of drug-likeness (QED) is 0.152. The van der Waals surface area contributed by atoms with Crippen LogP contribution >= 0.6 is 15.8 Å². The molecule has 2 heteroatoms. The van der Waals surface area contributed by atoms with Gasteiger partial charge in [0.05, 0.1) is 0 Å². The fourth-order valence-corrected chi connectivity index (χ4v) is 11.8. The van der Waals surface area contributed by atoms with E-state index in [9.17, 15) is 0 Å². The lowest BCUT2D eigenvalue weighted by Crippen LogP contribution is -2.26. The molecule has 0 N–H and O–H groups in total. The molecule has 0 aliphatic heterocycles. The van der Waals surface area contributed by atoms with Crippen LogP contribution in [0.15, 0.2) is 168 Å². The smallest absolute Gasteiger partial charge is 0.00996 e. The molecule has 0 saturated heterocycles. The lowest BCUT2D eigenvalue weighted by Gasteiger charge is -2.33. The molecule has 0 fully saturated rings. The highest BCUT2D eigenvalue weighted by atomic mass is 31.1. The van der Waals surface area contributed by atoms with E-state index >= 15 is 0 Å². The maximum Gasteiger partial charge on any atom is 0.00996 e. The first-order valence-corrected chi connectivity index (χ1v) is 17.1. The van der Waals surface area contributed by atoms with Gasteiger partial charge in [0.1, 0.15) is 0 Å². The van der Waals surface area contributed by atoms with Crippen molar-refractivity contribution >= 4 is 37.1 Å². The van der Waals surface area contributed by atoms with Gasteiger partial charge in [0.2, 0.25) is 0 Å². The van der Waals surface area contributed by atoms with Crippen molar-refractivity contribution in [2.75, 3.05) is 0 Å². The zero-order valence-corrected chi connectivity index (χ0v) is 25.1. The lowest BCUT2D eigenvalue weighted by atomic mass is 9.91. The highest BCUT2D eigenvalue weighted by Gasteiger charge is 2.34. The maximum absolute atomic E-state index is 2.50. The van der Waals surface area contributed by atoms with E-state index in [-0.39, 0.29) is 0 Å². The molecule has 40 heavy (non-hydrogen) atoms. The molecule has 0 saturated carbocycles. The molecule has 6 rings (SSSR count). The summed E-state index contributed by atoms with van der Waals surface area (Å²) in [7, 11) is -1.04. The van der Waals surface area contributed by atoms with Crippen LogP contribution in [0.25, 0.3) is 0 Å². The van der Waals surface area contributed by atoms with Gasteiger partial charge in [-0.1, -0.05) is 171 Å². The van der Waals surface area contributed by atoms with Crippen molar-refractivity contribution in [3.8, 4) is 0 Å². The van der Waals surface area contributed by atoms with Gasteiger partial charge in [0.25, 0.3) is 0 Å². The van der Waals surface area contributed by atoms with Crippen LogP contribution in [0.1, 0.15) is 20.3 Å². The van der Waals surface area contributed by atoms with Crippen molar-refractivity contribution < 1.29 is 0 Å². The van der Waals surface area contributed by atoms with Crippen LogP contribution in [-0.2, 0) is 0 Å². The summed E-state index contributed by atoms with van der Waals surface area (Å²) in [4.78, 5) is 0. The number of hydrogen-bond donors (Lipinski definition) is 0. The fraction of sp³-hybridized carbons (Fsp3) is 0.158. The SMILES string of the molecule is C[C@@H](C1=CC=C/C1=C1/CC=CC1[C@H](C)P(c1ccccc1)c1ccccc1)P(c1ccccc1)c1ccccc1. The molecule has 3 atom stereocenters. The maximum atomic E-state index is 2.50. The highest BCUT2D eigenvalue weighted by molar-refractivity contribution is 7.74. The predicted octanol–water partition coefficient (Wildman–Crippen LogP) is 8.40. The molecule has 0 amide bonds. The Morgan fingerprint density at radius 3 is 1.52 bits per heavy atom. The van der Waals surface area contributed by atoms with Crippen molar-refractivity contribution in [1.82, 2.24) is 0 Å². The minimum atomic E-state index is -0.537. The van der Waals surface area contributed by atoms with Gasteiger partial charge in [-0.25, -0.2) is 0 Å². The van der Waals surface area contributed by atoms with Crippen LogP contribution in [0.5, 0.6) is 0 Å². The average Bonchev–Trinajstić information content (AvgIpc) is 3.70. The molecular weight excluding hydrogens is 518 g/mol. The second-order valence-corrected chi connectivity index (χ2v) is 15.7. The standard InChI is InChI=1S/C38H36P2/c1-29(39(31-17-7-3-8-18-31)32-19-9-4-10-20-32)35-25-15-27-37(35)38-28-16-26-36(38)30(2)40(33-21-11-5-12-22-33)34-23-13-6-14-24-34/h3-27,29-30,36H,28H2,1-2H3/b38-37+/t29-,30-,36?/m0/s1. The largest absolute Gasteiger partial charge is 0.0838 e. The summed E-state index contributed by atoms with van der Waals surface area (Å²) < 4.78 is 0. The fourth-order valence-electron chi connectivity index (χ4n) is 6.30. The summed E-state index contributed by atoms with van der Waals surface area (Å²) in [6, 6.07) is 44.7. The van der Waals surface area contributed by atoms with Crippen molar-refractivity contribution in [2.45, 2.75) is 31.6 Å². The Balaban J connectivity index is 1.38. The molecular formula is C38H36P2. The second-order valence-electron chi connectivity index (χ2n) is 10.6. The van der Waals surface area contributed by atoms with Crippen LogP contribution < -0.4 is 21.2 Å². The van der Waals surface area contributed by atoms with E-state index < -0.39 is 15.8 Å². The predicted molar refractivity (Wildman–Crippen MR) is 179 cm³/mol. The van der Waals surface area contributed by atoms with Gasteiger partial charge < -0.3 is 0 Å². The van der Waals surface area contributed by atoms with Crippen LogP contribution in [0.3, 0.4) is 0 Å². The summed E-state index contributed by atoms with van der Waals surface area (Å²) in [6.07, 6.45) is 13.0. The Kier molecular flexibility index (Phi) is 8.39. The monoisotopic (exact) mass is 554 g/mol. The second kappa shape index (κ2) is 12.5. The van der Waals surface area contributed by atoms with Crippen molar-refractivity contribution in [1.29, 1.82) is 0 Å². The average molecular weight is 555 g/mol. The third-order valence-electron chi connectivity index (χ3n) is 8.18. The van der Waals surface area contributed by atoms with Gasteiger partial charge in [0.15, 0.2) is 0 Å². The molecule has 2 aliphatic rings. The molecule has 198 valence electrons. The molecule has 0 radical (unpaired) electrons. The van der Waals surface area contributed by atoms with E-state index in [0.717, 1.165) is 6.42 Å². The van der Waals surface area contributed by atoms with Crippen molar-refractivity contribution in [3.63, 3.8) is 0 Å². The van der Waals surface area contributed by atoms with Gasteiger partial charge in [-0.3, -0.25) is 0 Å². The van der Waals surface area contributed by atoms with E-state index in [1.165, 1.54) is 32.4 Å². The highest BCUT2D eigenvalue weighted by Crippen LogP contribution is 2.51. The molecule has 0 bridgehead atoms. The first kappa shape index (κ1) is 26.9. The minimum absolute atomic E-state index is 0.415. The van der Waals surface area contributed by atoms with Gasteiger partial charge in [-0.05, 0) is 60.3 Å². The van der Waals surface area contributed by atoms with Crippen LogP contribution in [0.2, 0.25) is 0 Å². The lowest BCUT2D eigenvalue weighted by molar-refractivity contribution is 0.745. The molecule has 0 heterocycles. The third kappa shape index (κ3) is 5.49. The molecule has 0 spiro atoms. The molecule has 1 unspecified atom stereocenters. The van der Waals surface area contributed by atoms with Crippen LogP contribution in [0.4, 0.5) is 0 Å². The Hall–Kier alpha value is -3.30. The first-order valence-electron chi connectivity index (χ1n) is 14.3. The first-order chi connectivity index (χ1) is 19.7. The Morgan fingerprint density at radius 2 is 1.05 bits per heavy atom. The molecule has 0 aromatic heterocycles. The summed E-state index contributed by atoms with van der Waals surface area (Å²) in [5.41, 5.74) is 5.48. The zero-order valence-electron chi connectivity index (χ0n) is 23.3. The molecule has 0 nitrogen and oxygen atoms in total. The number of rotatable bonds is 8. The topological polar surface area (TPSA) is 0 Å². The van der Waals surface area contributed by atoms with Gasteiger partial charge in [0, 0.05) is 11.6 Å². The van der Waals surface area contributed by atoms with Crippen LogP contribution in [-0.4, -0.2) is 11.3 Å². The van der Waals surface area contributed by atoms with E-state index in [4.69, 9.17) is 0 Å². The Bertz CT molecular complexity index is 1450. The van der Waals surface area contributed by atoms with E-state index in [1.54, 1.807) is 5.57 Å². The summed E-state index contributed by atoms with van der Waals surface area (Å²) in [5, 5.41) is 5.81. The van der Waals surface area contributed by atoms with Crippen molar-refractivity contribution in [2.24, 2.45) is 5.92 Å². The van der Waals surface area contributed by atoms with Gasteiger partial charge in [-0.15, -0.1) is 0 Å². The summed E-state index contributed by atoms with van der Waals surface area (Å²) in [6.45, 7) is 4.94. The number of hydrogen-bond acceptors (Lipinski definition) is 0. The Labute approximate surface area is 242 Å². The molecule has 2 aliphatic carbocycles. The zero-order chi connectivity index (χ0) is 27.3. The molecule has 4 aromatic carbocycles. The van der Waals surface area contributed by atoms with Crippen molar-refractivity contribution in [3.05, 3.63) is 168 Å². The van der Waals surface area contributed by atoms with Gasteiger partial charge in [-0.2, -0.15) is 0 Å². The minimum Gasteiger partial charge on any atom is -0.0838 e. The van der Waals surface area contributed by atoms with Gasteiger partial charge >= 0.3 is 0 Å². The summed E-state index contributed by atoms with van der Waals surface area (Å²) in [5.74, 6) is 0.430. The summed E-state index contributed by atoms with van der Waals surface area (Å²) >= 11 is 0. The molecule has 4 aromatic rings. The van der Waals surface area contributed by atoms with E-state index in [1.807, 2.05) is 0 Å². The van der Waals surface area contributed by atoms with E-state index in [2.05, 4.69) is 166 Å².